The zero-order valence-corrected chi connectivity index (χ0v) is 17.2. The number of Topliss-reactive ketones (excluding diaryl/α,β-unsaturated/α-hetero) is 1. The Kier molecular flexibility index (Phi) is 6.01. The van der Waals surface area contributed by atoms with Crippen molar-refractivity contribution in [2.45, 2.75) is 32.7 Å². The highest BCUT2D eigenvalue weighted by Gasteiger charge is 2.49. The van der Waals surface area contributed by atoms with Crippen LogP contribution < -0.4 is 5.32 Å². The Morgan fingerprint density at radius 1 is 1.03 bits per heavy atom. The quantitative estimate of drug-likeness (QED) is 0.432. The van der Waals surface area contributed by atoms with E-state index in [1.807, 2.05) is 38.1 Å². The Morgan fingerprint density at radius 3 is 2.27 bits per heavy atom. The summed E-state index contributed by atoms with van der Waals surface area (Å²) in [6.07, 6.45) is 0.858. The van der Waals surface area contributed by atoms with Crippen LogP contribution in [0.5, 0.6) is 0 Å². The summed E-state index contributed by atoms with van der Waals surface area (Å²) in [4.78, 5) is 50.3. The summed E-state index contributed by atoms with van der Waals surface area (Å²) in [6.45, 7) is 4.51. The Balaban J connectivity index is 1.60. The zero-order valence-electron chi connectivity index (χ0n) is 17.2. The number of ether oxygens (including phenoxy) is 1. The van der Waals surface area contributed by atoms with Gasteiger partial charge in [-0.3, -0.25) is 19.3 Å². The van der Waals surface area contributed by atoms with Gasteiger partial charge in [0, 0.05) is 5.56 Å². The van der Waals surface area contributed by atoms with Crippen molar-refractivity contribution in [3.05, 3.63) is 70.8 Å². The minimum absolute atomic E-state index is 0.354. The molecule has 0 bridgehead atoms. The third kappa shape index (κ3) is 4.25. The number of hydrogen-bond donors (Lipinski definition) is 1. The Bertz CT molecular complexity index is 982. The maximum absolute atomic E-state index is 12.8. The number of nitrogens with zero attached hydrogens (tertiary/aromatic N) is 1. The Labute approximate surface area is 175 Å². The van der Waals surface area contributed by atoms with Crippen molar-refractivity contribution in [3.8, 4) is 0 Å². The molecule has 7 heteroatoms. The van der Waals surface area contributed by atoms with Crippen molar-refractivity contribution in [3.63, 3.8) is 0 Å². The molecule has 1 fully saturated rings. The molecule has 7 nitrogen and oxygen atoms in total. The van der Waals surface area contributed by atoms with E-state index in [-0.39, 0.29) is 5.78 Å². The Morgan fingerprint density at radius 2 is 1.67 bits per heavy atom. The molecule has 0 spiro atoms. The van der Waals surface area contributed by atoms with E-state index < -0.39 is 36.6 Å². The fraction of sp³-hybridized carbons (Fsp3) is 0.304. The van der Waals surface area contributed by atoms with Gasteiger partial charge >= 0.3 is 12.0 Å². The van der Waals surface area contributed by atoms with Gasteiger partial charge in [-0.15, -0.1) is 0 Å². The highest BCUT2D eigenvalue weighted by Crippen LogP contribution is 2.28. The lowest BCUT2D eigenvalue weighted by Crippen LogP contribution is -2.41. The predicted molar refractivity (Wildman–Crippen MR) is 110 cm³/mol. The molecule has 0 unspecified atom stereocenters. The van der Waals surface area contributed by atoms with Gasteiger partial charge in [0.1, 0.15) is 12.1 Å². The molecule has 3 amide bonds. The molecule has 2 aromatic carbocycles. The van der Waals surface area contributed by atoms with Crippen LogP contribution in [-0.2, 0) is 26.3 Å². The third-order valence-electron chi connectivity index (χ3n) is 5.24. The zero-order chi connectivity index (χ0) is 21.9. The van der Waals surface area contributed by atoms with Crippen LogP contribution in [0.1, 0.15) is 40.9 Å². The van der Waals surface area contributed by atoms with Gasteiger partial charge in [0.25, 0.3) is 5.91 Å². The molecule has 1 saturated heterocycles. The standard InChI is InChI=1S/C23H24N2O5/c1-4-16-7-9-17(10-8-16)19(26)14-30-20(27)13-25-21(28)23(3,24-22(25)29)18-11-5-15(2)6-12-18/h5-12H,4,13-14H2,1-3H3,(H,24,29)/t23-/m1/s1. The number of carbonyl (C=O) groups excluding carboxylic acids is 4. The monoisotopic (exact) mass is 408 g/mol. The summed E-state index contributed by atoms with van der Waals surface area (Å²) in [5.74, 6) is -1.73. The van der Waals surface area contributed by atoms with Gasteiger partial charge in [-0.05, 0) is 31.4 Å². The molecule has 0 aliphatic carbocycles. The van der Waals surface area contributed by atoms with Gasteiger partial charge in [-0.2, -0.15) is 0 Å². The van der Waals surface area contributed by atoms with Gasteiger partial charge in [0.05, 0.1) is 0 Å². The Hall–Kier alpha value is -3.48. The normalized spacial score (nSPS) is 18.3. The number of urea groups is 1. The minimum Gasteiger partial charge on any atom is -0.456 e. The fourth-order valence-corrected chi connectivity index (χ4v) is 3.25. The van der Waals surface area contributed by atoms with E-state index in [9.17, 15) is 19.2 Å². The molecule has 30 heavy (non-hydrogen) atoms. The number of hydrogen-bond acceptors (Lipinski definition) is 5. The summed E-state index contributed by atoms with van der Waals surface area (Å²) in [5.41, 5.74) is 1.91. The van der Waals surface area contributed by atoms with E-state index in [2.05, 4.69) is 5.32 Å². The van der Waals surface area contributed by atoms with E-state index in [1.54, 1.807) is 31.2 Å². The molecule has 156 valence electrons. The van der Waals surface area contributed by atoms with Crippen molar-refractivity contribution in [2.24, 2.45) is 0 Å². The summed E-state index contributed by atoms with van der Waals surface area (Å²) < 4.78 is 5.00. The first-order valence-electron chi connectivity index (χ1n) is 9.73. The first kappa shape index (κ1) is 21.2. The minimum atomic E-state index is -1.26. The highest BCUT2D eigenvalue weighted by molar-refractivity contribution is 6.09. The second-order valence-electron chi connectivity index (χ2n) is 7.45. The van der Waals surface area contributed by atoms with Crippen molar-refractivity contribution in [1.29, 1.82) is 0 Å². The average molecular weight is 408 g/mol. The number of nitrogens with one attached hydrogen (secondary N) is 1. The smallest absolute Gasteiger partial charge is 0.326 e. The maximum Gasteiger partial charge on any atom is 0.326 e. The van der Waals surface area contributed by atoms with Crippen LogP contribution in [0.3, 0.4) is 0 Å². The molecule has 1 atom stereocenters. The SMILES string of the molecule is CCc1ccc(C(=O)COC(=O)CN2C(=O)N[C@](C)(c3ccc(C)cc3)C2=O)cc1. The second-order valence-corrected chi connectivity index (χ2v) is 7.45. The van der Waals surface area contributed by atoms with Crippen LogP contribution in [0.25, 0.3) is 0 Å². The van der Waals surface area contributed by atoms with Crippen LogP contribution in [0, 0.1) is 6.92 Å². The van der Waals surface area contributed by atoms with E-state index in [0.717, 1.165) is 22.4 Å². The predicted octanol–water partition coefficient (Wildman–Crippen LogP) is 2.75. The lowest BCUT2D eigenvalue weighted by Gasteiger charge is -2.22. The van der Waals surface area contributed by atoms with Crippen molar-refractivity contribution < 1.29 is 23.9 Å². The number of benzene rings is 2. The highest BCUT2D eigenvalue weighted by atomic mass is 16.5. The molecule has 1 aliphatic rings. The molecule has 0 aromatic heterocycles. The van der Waals surface area contributed by atoms with Crippen LogP contribution >= 0.6 is 0 Å². The number of amides is 3. The van der Waals surface area contributed by atoms with Crippen LogP contribution in [0.15, 0.2) is 48.5 Å². The summed E-state index contributed by atoms with van der Waals surface area (Å²) >= 11 is 0. The topological polar surface area (TPSA) is 92.8 Å². The summed E-state index contributed by atoms with van der Waals surface area (Å²) in [6, 6.07) is 13.6. The number of imide groups is 1. The molecule has 1 aliphatic heterocycles. The molecular formula is C23H24N2O5. The average Bonchev–Trinajstić information content (AvgIpc) is 2.96. The maximum atomic E-state index is 12.8. The second kappa shape index (κ2) is 8.49. The first-order chi connectivity index (χ1) is 14.2. The van der Waals surface area contributed by atoms with Gasteiger partial charge in [-0.25, -0.2) is 4.79 Å². The largest absolute Gasteiger partial charge is 0.456 e. The van der Waals surface area contributed by atoms with Crippen molar-refractivity contribution in [2.75, 3.05) is 13.2 Å². The number of carbonyl (C=O) groups is 4. The van der Waals surface area contributed by atoms with Crippen LogP contribution in [0.4, 0.5) is 4.79 Å². The van der Waals surface area contributed by atoms with Crippen LogP contribution in [-0.4, -0.2) is 41.7 Å². The first-order valence-corrected chi connectivity index (χ1v) is 9.73. The van der Waals surface area contributed by atoms with Gasteiger partial charge < -0.3 is 10.1 Å². The molecule has 0 saturated carbocycles. The number of ketones is 1. The van der Waals surface area contributed by atoms with E-state index in [4.69, 9.17) is 4.74 Å². The van der Waals surface area contributed by atoms with Crippen LogP contribution in [0.2, 0.25) is 0 Å². The van der Waals surface area contributed by atoms with Crippen molar-refractivity contribution >= 4 is 23.7 Å². The lowest BCUT2D eigenvalue weighted by atomic mass is 9.91. The third-order valence-corrected chi connectivity index (χ3v) is 5.24. The molecule has 2 aromatic rings. The van der Waals surface area contributed by atoms with Gasteiger partial charge in [-0.1, -0.05) is 61.0 Å². The molecule has 3 rings (SSSR count). The number of esters is 1. The van der Waals surface area contributed by atoms with Crippen molar-refractivity contribution in [1.82, 2.24) is 10.2 Å². The van der Waals surface area contributed by atoms with E-state index in [0.29, 0.717) is 11.1 Å². The molecule has 1 heterocycles. The molecular weight excluding hydrogens is 384 g/mol. The van der Waals surface area contributed by atoms with Gasteiger partial charge in [0.2, 0.25) is 0 Å². The summed E-state index contributed by atoms with van der Waals surface area (Å²) in [5, 5.41) is 2.64. The van der Waals surface area contributed by atoms with E-state index >= 15 is 0 Å². The fourth-order valence-electron chi connectivity index (χ4n) is 3.25. The molecule has 1 N–H and O–H groups in total. The number of rotatable bonds is 7. The summed E-state index contributed by atoms with van der Waals surface area (Å²) in [7, 11) is 0. The van der Waals surface area contributed by atoms with E-state index in [1.165, 1.54) is 0 Å². The number of aryl methyl sites for hydroxylation is 2. The van der Waals surface area contributed by atoms with Gasteiger partial charge in [0.15, 0.2) is 12.4 Å². The lowest BCUT2D eigenvalue weighted by molar-refractivity contribution is -0.146. The molecule has 0 radical (unpaired) electrons.